The first-order chi connectivity index (χ1) is 8.95. The lowest BCUT2D eigenvalue weighted by molar-refractivity contribution is -0.129. The third kappa shape index (κ3) is 4.67. The maximum absolute atomic E-state index is 12.4. The molecule has 0 saturated heterocycles. The molecule has 1 aromatic carbocycles. The summed E-state index contributed by atoms with van der Waals surface area (Å²) in [5.41, 5.74) is 0.592. The topological polar surface area (TPSA) is 40.6 Å². The zero-order chi connectivity index (χ0) is 14.4. The molecule has 0 fully saturated rings. The molecule has 5 heteroatoms. The summed E-state index contributed by atoms with van der Waals surface area (Å²) in [4.78, 5) is 27.2. The third-order valence-electron chi connectivity index (χ3n) is 2.68. The van der Waals surface area contributed by atoms with E-state index in [-0.39, 0.29) is 18.4 Å². The average Bonchev–Trinajstić information content (AvgIpc) is 2.37. The second-order valence-corrected chi connectivity index (χ2v) is 5.44. The van der Waals surface area contributed by atoms with Crippen LogP contribution in [0.4, 0.5) is 0 Å². The van der Waals surface area contributed by atoms with Crippen molar-refractivity contribution in [1.29, 1.82) is 0 Å². The van der Waals surface area contributed by atoms with Crippen LogP contribution < -0.4 is 0 Å². The van der Waals surface area contributed by atoms with Crippen molar-refractivity contribution in [1.82, 2.24) is 9.80 Å². The number of carbonyl (C=O) groups excluding carboxylic acids is 2. The van der Waals surface area contributed by atoms with Gasteiger partial charge < -0.3 is 9.80 Å². The highest BCUT2D eigenvalue weighted by molar-refractivity contribution is 9.10. The number of nitrogens with zero attached hydrogens (tertiary/aromatic N) is 2. The fourth-order valence-corrected chi connectivity index (χ4v) is 2.03. The van der Waals surface area contributed by atoms with Crippen molar-refractivity contribution in [2.24, 2.45) is 0 Å². The summed E-state index contributed by atoms with van der Waals surface area (Å²) in [7, 11) is 3.38. The molecule has 0 spiro atoms. The summed E-state index contributed by atoms with van der Waals surface area (Å²) in [6.07, 6.45) is 0.820. The number of hydrogen-bond donors (Lipinski definition) is 0. The van der Waals surface area contributed by atoms with Crippen molar-refractivity contribution in [3.8, 4) is 0 Å². The molecule has 0 aromatic heterocycles. The predicted molar refractivity (Wildman–Crippen MR) is 79.0 cm³/mol. The van der Waals surface area contributed by atoms with Crippen LogP contribution in [0.15, 0.2) is 28.7 Å². The van der Waals surface area contributed by atoms with Gasteiger partial charge in [0.1, 0.15) is 6.54 Å². The van der Waals surface area contributed by atoms with Crippen LogP contribution in [0.25, 0.3) is 0 Å². The number of halogens is 1. The van der Waals surface area contributed by atoms with Gasteiger partial charge in [-0.1, -0.05) is 28.9 Å². The fraction of sp³-hybridized carbons (Fsp3) is 0.429. The van der Waals surface area contributed by atoms with Gasteiger partial charge in [0.2, 0.25) is 5.91 Å². The quantitative estimate of drug-likeness (QED) is 0.833. The molecule has 0 heterocycles. The van der Waals surface area contributed by atoms with Crippen LogP contribution in [0.3, 0.4) is 0 Å². The number of amides is 2. The molecular formula is C14H19BrN2O2. The van der Waals surface area contributed by atoms with E-state index in [1.54, 1.807) is 31.1 Å². The second kappa shape index (κ2) is 7.28. The SMILES string of the molecule is CCCN(CC(=O)N(C)C)C(=O)c1cccc(Br)c1. The van der Waals surface area contributed by atoms with Gasteiger partial charge in [0.05, 0.1) is 0 Å². The zero-order valence-corrected chi connectivity index (χ0v) is 13.1. The maximum Gasteiger partial charge on any atom is 0.254 e. The number of benzene rings is 1. The van der Waals surface area contributed by atoms with Crippen LogP contribution in [-0.2, 0) is 4.79 Å². The first-order valence-corrected chi connectivity index (χ1v) is 7.00. The fourth-order valence-electron chi connectivity index (χ4n) is 1.63. The van der Waals surface area contributed by atoms with Gasteiger partial charge in [-0.3, -0.25) is 9.59 Å². The van der Waals surface area contributed by atoms with Gasteiger partial charge in [-0.2, -0.15) is 0 Å². The van der Waals surface area contributed by atoms with Crippen LogP contribution in [0.5, 0.6) is 0 Å². The molecule has 0 aliphatic carbocycles. The largest absolute Gasteiger partial charge is 0.347 e. The lowest BCUT2D eigenvalue weighted by Gasteiger charge is -2.23. The monoisotopic (exact) mass is 326 g/mol. The van der Waals surface area contributed by atoms with E-state index in [4.69, 9.17) is 0 Å². The first kappa shape index (κ1) is 15.7. The number of rotatable bonds is 5. The normalized spacial score (nSPS) is 10.1. The molecule has 0 aliphatic heterocycles. The molecule has 2 amide bonds. The van der Waals surface area contributed by atoms with Crippen LogP contribution in [-0.4, -0.2) is 48.8 Å². The third-order valence-corrected chi connectivity index (χ3v) is 3.17. The van der Waals surface area contributed by atoms with E-state index < -0.39 is 0 Å². The molecule has 0 unspecified atom stereocenters. The highest BCUT2D eigenvalue weighted by Crippen LogP contribution is 2.14. The Balaban J connectivity index is 2.86. The Morgan fingerprint density at radius 2 is 1.95 bits per heavy atom. The minimum absolute atomic E-state index is 0.0724. The van der Waals surface area contributed by atoms with Crippen molar-refractivity contribution in [2.75, 3.05) is 27.2 Å². The molecule has 1 aromatic rings. The Morgan fingerprint density at radius 1 is 1.26 bits per heavy atom. The smallest absolute Gasteiger partial charge is 0.254 e. The Morgan fingerprint density at radius 3 is 2.47 bits per heavy atom. The van der Waals surface area contributed by atoms with Crippen LogP contribution in [0.1, 0.15) is 23.7 Å². The molecule has 0 aliphatic rings. The van der Waals surface area contributed by atoms with Crippen molar-refractivity contribution in [3.05, 3.63) is 34.3 Å². The average molecular weight is 327 g/mol. The molecule has 0 atom stereocenters. The van der Waals surface area contributed by atoms with Gasteiger partial charge in [0, 0.05) is 30.7 Å². The van der Waals surface area contributed by atoms with Crippen LogP contribution in [0.2, 0.25) is 0 Å². The van der Waals surface area contributed by atoms with Crippen molar-refractivity contribution < 1.29 is 9.59 Å². The van der Waals surface area contributed by atoms with E-state index in [1.807, 2.05) is 19.1 Å². The maximum atomic E-state index is 12.4. The summed E-state index contributed by atoms with van der Waals surface area (Å²) >= 11 is 3.35. The van der Waals surface area contributed by atoms with Crippen molar-refractivity contribution in [2.45, 2.75) is 13.3 Å². The van der Waals surface area contributed by atoms with Gasteiger partial charge in [-0.25, -0.2) is 0 Å². The summed E-state index contributed by atoms with van der Waals surface area (Å²) in [5, 5.41) is 0. The van der Waals surface area contributed by atoms with Gasteiger partial charge in [0.15, 0.2) is 0 Å². The van der Waals surface area contributed by atoms with E-state index in [0.29, 0.717) is 12.1 Å². The lowest BCUT2D eigenvalue weighted by atomic mass is 10.2. The van der Waals surface area contributed by atoms with Gasteiger partial charge in [-0.05, 0) is 24.6 Å². The van der Waals surface area contributed by atoms with Crippen molar-refractivity contribution >= 4 is 27.7 Å². The lowest BCUT2D eigenvalue weighted by Crippen LogP contribution is -2.40. The summed E-state index contributed by atoms with van der Waals surface area (Å²) in [6, 6.07) is 7.21. The van der Waals surface area contributed by atoms with E-state index in [0.717, 1.165) is 10.9 Å². The minimum Gasteiger partial charge on any atom is -0.347 e. The van der Waals surface area contributed by atoms with Gasteiger partial charge in [0.25, 0.3) is 5.91 Å². The van der Waals surface area contributed by atoms with Crippen LogP contribution >= 0.6 is 15.9 Å². The second-order valence-electron chi connectivity index (χ2n) is 4.53. The summed E-state index contributed by atoms with van der Waals surface area (Å²) < 4.78 is 0.855. The highest BCUT2D eigenvalue weighted by atomic mass is 79.9. The van der Waals surface area contributed by atoms with Gasteiger partial charge >= 0.3 is 0 Å². The molecule has 4 nitrogen and oxygen atoms in total. The first-order valence-electron chi connectivity index (χ1n) is 6.20. The number of carbonyl (C=O) groups is 2. The minimum atomic E-state index is -0.113. The highest BCUT2D eigenvalue weighted by Gasteiger charge is 2.19. The predicted octanol–water partition coefficient (Wildman–Crippen LogP) is 2.39. The molecule has 0 radical (unpaired) electrons. The molecule has 1 rings (SSSR count). The summed E-state index contributed by atoms with van der Waals surface area (Å²) in [6.45, 7) is 2.68. The Bertz CT molecular complexity index is 461. The zero-order valence-electron chi connectivity index (χ0n) is 11.5. The Labute approximate surface area is 122 Å². The molecule has 0 N–H and O–H groups in total. The van der Waals surface area contributed by atoms with E-state index in [2.05, 4.69) is 15.9 Å². The number of hydrogen-bond acceptors (Lipinski definition) is 2. The van der Waals surface area contributed by atoms with Crippen LogP contribution in [0, 0.1) is 0 Å². The molecule has 0 saturated carbocycles. The molecular weight excluding hydrogens is 308 g/mol. The Hall–Kier alpha value is -1.36. The van der Waals surface area contributed by atoms with E-state index in [9.17, 15) is 9.59 Å². The van der Waals surface area contributed by atoms with E-state index in [1.165, 1.54) is 4.90 Å². The van der Waals surface area contributed by atoms with Gasteiger partial charge in [-0.15, -0.1) is 0 Å². The molecule has 19 heavy (non-hydrogen) atoms. The Kier molecular flexibility index (Phi) is 6.02. The molecule has 104 valence electrons. The summed E-state index contributed by atoms with van der Waals surface area (Å²) in [5.74, 6) is -0.185. The standard InChI is InChI=1S/C14H19BrN2O2/c1-4-8-17(10-13(18)16(2)3)14(19)11-6-5-7-12(15)9-11/h5-7,9H,4,8,10H2,1-3H3. The van der Waals surface area contributed by atoms with Crippen molar-refractivity contribution in [3.63, 3.8) is 0 Å². The molecule has 0 bridgehead atoms. The number of likely N-dealkylation sites (N-methyl/N-ethyl adjacent to an activating group) is 1. The van der Waals surface area contributed by atoms with E-state index >= 15 is 0 Å².